The highest BCUT2D eigenvalue weighted by Crippen LogP contribution is 2.32. The second-order valence-corrected chi connectivity index (χ2v) is 5.84. The van der Waals surface area contributed by atoms with Crippen LogP contribution in [0.25, 0.3) is 0 Å². The van der Waals surface area contributed by atoms with Crippen molar-refractivity contribution in [2.24, 2.45) is 0 Å². The maximum absolute atomic E-state index is 14.2. The smallest absolute Gasteiger partial charge is 0.133 e. The predicted molar refractivity (Wildman–Crippen MR) is 87.6 cm³/mol. The van der Waals surface area contributed by atoms with Gasteiger partial charge in [0.2, 0.25) is 0 Å². The average Bonchev–Trinajstić information content (AvgIpc) is 2.45. The van der Waals surface area contributed by atoms with Crippen molar-refractivity contribution >= 4 is 27.5 Å². The molecule has 0 aromatic heterocycles. The van der Waals surface area contributed by atoms with Crippen molar-refractivity contribution in [3.05, 3.63) is 62.8 Å². The normalized spacial score (nSPS) is 12.2. The molecule has 0 saturated heterocycles. The van der Waals surface area contributed by atoms with Gasteiger partial charge in [0.15, 0.2) is 0 Å². The Balaban J connectivity index is 2.45. The molecule has 0 amide bonds. The Morgan fingerprint density at radius 3 is 2.62 bits per heavy atom. The molecular formula is C16H16BrClFNO. The van der Waals surface area contributed by atoms with Gasteiger partial charge in [-0.15, -0.1) is 0 Å². The number of halogens is 3. The fourth-order valence-corrected chi connectivity index (χ4v) is 2.93. The molecule has 0 fully saturated rings. The van der Waals surface area contributed by atoms with E-state index in [2.05, 4.69) is 21.2 Å². The summed E-state index contributed by atoms with van der Waals surface area (Å²) >= 11 is 9.29. The van der Waals surface area contributed by atoms with Crippen molar-refractivity contribution in [3.63, 3.8) is 0 Å². The molecule has 0 aliphatic heterocycles. The lowest BCUT2D eigenvalue weighted by Gasteiger charge is -2.20. The monoisotopic (exact) mass is 371 g/mol. The van der Waals surface area contributed by atoms with Gasteiger partial charge in [-0.2, -0.15) is 0 Å². The van der Waals surface area contributed by atoms with E-state index in [0.29, 0.717) is 10.6 Å². The van der Waals surface area contributed by atoms with E-state index < -0.39 is 0 Å². The zero-order valence-electron chi connectivity index (χ0n) is 11.8. The van der Waals surface area contributed by atoms with Gasteiger partial charge in [-0.1, -0.05) is 30.7 Å². The number of rotatable bonds is 5. The molecule has 112 valence electrons. The first-order valence-electron chi connectivity index (χ1n) is 6.58. The Morgan fingerprint density at radius 2 is 2.05 bits per heavy atom. The van der Waals surface area contributed by atoms with Gasteiger partial charge in [0.25, 0.3) is 0 Å². The van der Waals surface area contributed by atoms with Gasteiger partial charge >= 0.3 is 0 Å². The standard InChI is InChI=1S/C16H16BrClFNO/c1-3-20-16(12-6-5-11(18)9-14(12)19)10-4-7-15(21-2)13(17)8-10/h4-9,16,20H,3H2,1-2H3. The Kier molecular flexibility index (Phi) is 5.62. The molecule has 0 radical (unpaired) electrons. The molecule has 2 rings (SSSR count). The number of ether oxygens (including phenoxy) is 1. The van der Waals surface area contributed by atoms with Gasteiger partial charge < -0.3 is 10.1 Å². The van der Waals surface area contributed by atoms with Crippen molar-refractivity contribution in [1.82, 2.24) is 5.32 Å². The Hall–Kier alpha value is -1.10. The van der Waals surface area contributed by atoms with Crippen molar-refractivity contribution in [3.8, 4) is 5.75 Å². The summed E-state index contributed by atoms with van der Waals surface area (Å²) in [7, 11) is 1.61. The van der Waals surface area contributed by atoms with E-state index >= 15 is 0 Å². The van der Waals surface area contributed by atoms with E-state index in [0.717, 1.165) is 22.3 Å². The van der Waals surface area contributed by atoms with E-state index in [1.807, 2.05) is 25.1 Å². The fourth-order valence-electron chi connectivity index (χ4n) is 2.21. The maximum Gasteiger partial charge on any atom is 0.133 e. The number of hydrogen-bond acceptors (Lipinski definition) is 2. The highest BCUT2D eigenvalue weighted by molar-refractivity contribution is 9.10. The molecule has 2 aromatic rings. The van der Waals surface area contributed by atoms with Crippen LogP contribution in [0, 0.1) is 5.82 Å². The summed E-state index contributed by atoms with van der Waals surface area (Å²) < 4.78 is 20.3. The van der Waals surface area contributed by atoms with Crippen LogP contribution in [-0.2, 0) is 0 Å². The maximum atomic E-state index is 14.2. The molecule has 0 aliphatic rings. The van der Waals surface area contributed by atoms with Gasteiger partial charge in [0.05, 0.1) is 17.6 Å². The molecular weight excluding hydrogens is 357 g/mol. The van der Waals surface area contributed by atoms with Crippen LogP contribution in [0.5, 0.6) is 5.75 Å². The predicted octanol–water partition coefficient (Wildman–Crippen LogP) is 4.95. The summed E-state index contributed by atoms with van der Waals surface area (Å²) in [4.78, 5) is 0. The number of methoxy groups -OCH3 is 1. The Labute approximate surface area is 137 Å². The van der Waals surface area contributed by atoms with Crippen molar-refractivity contribution in [2.45, 2.75) is 13.0 Å². The number of nitrogens with one attached hydrogen (secondary N) is 1. The lowest BCUT2D eigenvalue weighted by Crippen LogP contribution is -2.23. The highest BCUT2D eigenvalue weighted by atomic mass is 79.9. The van der Waals surface area contributed by atoms with E-state index in [9.17, 15) is 4.39 Å². The minimum atomic E-state index is -0.319. The first-order chi connectivity index (χ1) is 10.1. The lowest BCUT2D eigenvalue weighted by molar-refractivity contribution is 0.411. The van der Waals surface area contributed by atoms with Gasteiger partial charge in [-0.25, -0.2) is 4.39 Å². The number of hydrogen-bond donors (Lipinski definition) is 1. The van der Waals surface area contributed by atoms with Crippen LogP contribution < -0.4 is 10.1 Å². The zero-order valence-corrected chi connectivity index (χ0v) is 14.1. The molecule has 5 heteroatoms. The van der Waals surface area contributed by atoms with Crippen LogP contribution >= 0.6 is 27.5 Å². The van der Waals surface area contributed by atoms with Gasteiger partial charge in [0, 0.05) is 10.6 Å². The van der Waals surface area contributed by atoms with Crippen LogP contribution in [0.15, 0.2) is 40.9 Å². The minimum absolute atomic E-state index is 0.241. The second kappa shape index (κ2) is 7.25. The summed E-state index contributed by atoms with van der Waals surface area (Å²) in [5.74, 6) is 0.422. The molecule has 2 aromatic carbocycles. The summed E-state index contributed by atoms with van der Waals surface area (Å²) in [6.07, 6.45) is 0. The van der Waals surface area contributed by atoms with Crippen molar-refractivity contribution in [1.29, 1.82) is 0 Å². The first kappa shape index (κ1) is 16.3. The van der Waals surface area contributed by atoms with Crippen LogP contribution in [0.4, 0.5) is 4.39 Å². The molecule has 1 N–H and O–H groups in total. The number of benzene rings is 2. The Bertz CT molecular complexity index is 636. The van der Waals surface area contributed by atoms with E-state index in [4.69, 9.17) is 16.3 Å². The molecule has 1 unspecified atom stereocenters. The summed E-state index contributed by atoms with van der Waals surface area (Å²) in [6, 6.07) is 10.2. The third kappa shape index (κ3) is 3.76. The molecule has 1 atom stereocenters. The van der Waals surface area contributed by atoms with Crippen LogP contribution in [0.2, 0.25) is 5.02 Å². The zero-order chi connectivity index (χ0) is 15.4. The fraction of sp³-hybridized carbons (Fsp3) is 0.250. The molecule has 2 nitrogen and oxygen atoms in total. The molecule has 0 bridgehead atoms. The summed E-state index contributed by atoms with van der Waals surface area (Å²) in [5.41, 5.74) is 1.52. The SMILES string of the molecule is CCNC(c1ccc(OC)c(Br)c1)c1ccc(Cl)cc1F. The average molecular weight is 373 g/mol. The second-order valence-electron chi connectivity index (χ2n) is 4.55. The van der Waals surface area contributed by atoms with E-state index in [1.54, 1.807) is 19.2 Å². The Morgan fingerprint density at radius 1 is 1.29 bits per heavy atom. The van der Waals surface area contributed by atoms with Crippen molar-refractivity contribution < 1.29 is 9.13 Å². The topological polar surface area (TPSA) is 21.3 Å². The van der Waals surface area contributed by atoms with Crippen LogP contribution in [-0.4, -0.2) is 13.7 Å². The van der Waals surface area contributed by atoms with Crippen LogP contribution in [0.1, 0.15) is 24.1 Å². The third-order valence-electron chi connectivity index (χ3n) is 3.19. The molecule has 0 aliphatic carbocycles. The van der Waals surface area contributed by atoms with Crippen molar-refractivity contribution in [2.75, 3.05) is 13.7 Å². The first-order valence-corrected chi connectivity index (χ1v) is 7.75. The highest BCUT2D eigenvalue weighted by Gasteiger charge is 2.18. The van der Waals surface area contributed by atoms with Gasteiger partial charge in [0.1, 0.15) is 11.6 Å². The van der Waals surface area contributed by atoms with Crippen LogP contribution in [0.3, 0.4) is 0 Å². The largest absolute Gasteiger partial charge is 0.496 e. The third-order valence-corrected chi connectivity index (χ3v) is 4.05. The van der Waals surface area contributed by atoms with Gasteiger partial charge in [-0.3, -0.25) is 0 Å². The molecule has 0 heterocycles. The van der Waals surface area contributed by atoms with Gasteiger partial charge in [-0.05, 0) is 52.3 Å². The lowest BCUT2D eigenvalue weighted by atomic mass is 9.98. The summed E-state index contributed by atoms with van der Waals surface area (Å²) in [5, 5.41) is 3.69. The van der Waals surface area contributed by atoms with E-state index in [-0.39, 0.29) is 11.9 Å². The minimum Gasteiger partial charge on any atom is -0.496 e. The molecule has 0 spiro atoms. The molecule has 0 saturated carbocycles. The van der Waals surface area contributed by atoms with E-state index in [1.165, 1.54) is 6.07 Å². The summed E-state index contributed by atoms with van der Waals surface area (Å²) in [6.45, 7) is 2.70. The quantitative estimate of drug-likeness (QED) is 0.802. The molecule has 21 heavy (non-hydrogen) atoms.